The Kier molecular flexibility index (Phi) is 6.53. The van der Waals surface area contributed by atoms with Crippen LogP contribution >= 0.6 is 0 Å². The second-order valence-corrected chi connectivity index (χ2v) is 8.11. The first kappa shape index (κ1) is 21.1. The lowest BCUT2D eigenvalue weighted by atomic mass is 10.1. The number of hydrogen-bond donors (Lipinski definition) is 1. The topological polar surface area (TPSA) is 91.7 Å². The standard InChI is InChI=1S/C21H19FN4O3S/c1-16(17-10-12-18(22)13-11-17)24-25-21(27)15-26(20-9-5-6-14-23-20)30(28,29)19-7-3-2-4-8-19/h2-14H,15H2,1H3,(H,25,27)/b24-16-. The number of carbonyl (C=O) groups excluding carboxylic acids is 1. The monoisotopic (exact) mass is 426 g/mol. The largest absolute Gasteiger partial charge is 0.271 e. The molecule has 0 aliphatic carbocycles. The second-order valence-electron chi connectivity index (χ2n) is 6.25. The lowest BCUT2D eigenvalue weighted by Crippen LogP contribution is -2.40. The SMILES string of the molecule is C/C(=N/NC(=O)CN(c1ccccn1)S(=O)(=O)c1ccccc1)c1ccc(F)cc1. The van der Waals surface area contributed by atoms with Crippen LogP contribution in [0.2, 0.25) is 0 Å². The maximum atomic E-state index is 13.1. The fraction of sp³-hybridized carbons (Fsp3) is 0.0952. The third kappa shape index (κ3) is 5.06. The van der Waals surface area contributed by atoms with Gasteiger partial charge in [0.2, 0.25) is 0 Å². The van der Waals surface area contributed by atoms with E-state index in [2.05, 4.69) is 15.5 Å². The molecule has 0 bridgehead atoms. The molecule has 9 heteroatoms. The van der Waals surface area contributed by atoms with Gasteiger partial charge in [0.15, 0.2) is 0 Å². The minimum Gasteiger partial charge on any atom is -0.271 e. The van der Waals surface area contributed by atoms with Crippen LogP contribution in [0.1, 0.15) is 12.5 Å². The average Bonchev–Trinajstić information content (AvgIpc) is 2.77. The van der Waals surface area contributed by atoms with Crippen molar-refractivity contribution in [3.05, 3.63) is 90.4 Å². The molecule has 0 fully saturated rings. The second kappa shape index (κ2) is 9.27. The Morgan fingerprint density at radius 3 is 2.33 bits per heavy atom. The number of amides is 1. The van der Waals surface area contributed by atoms with Crippen LogP contribution in [-0.4, -0.2) is 31.6 Å². The van der Waals surface area contributed by atoms with Gasteiger partial charge in [-0.15, -0.1) is 0 Å². The van der Waals surface area contributed by atoms with Gasteiger partial charge in [-0.05, 0) is 48.9 Å². The third-order valence-electron chi connectivity index (χ3n) is 4.13. The summed E-state index contributed by atoms with van der Waals surface area (Å²) in [7, 11) is -4.02. The molecule has 7 nitrogen and oxygen atoms in total. The molecule has 0 saturated heterocycles. The van der Waals surface area contributed by atoms with Gasteiger partial charge in [-0.25, -0.2) is 27.5 Å². The average molecular weight is 426 g/mol. The lowest BCUT2D eigenvalue weighted by Gasteiger charge is -2.22. The van der Waals surface area contributed by atoms with E-state index in [4.69, 9.17) is 0 Å². The lowest BCUT2D eigenvalue weighted by molar-refractivity contribution is -0.119. The van der Waals surface area contributed by atoms with E-state index in [0.717, 1.165) is 4.31 Å². The van der Waals surface area contributed by atoms with Crippen LogP contribution < -0.4 is 9.73 Å². The van der Waals surface area contributed by atoms with Crippen LogP contribution in [-0.2, 0) is 14.8 Å². The molecule has 3 aromatic rings. The van der Waals surface area contributed by atoms with E-state index in [9.17, 15) is 17.6 Å². The highest BCUT2D eigenvalue weighted by Gasteiger charge is 2.27. The summed E-state index contributed by atoms with van der Waals surface area (Å²) in [6.07, 6.45) is 1.44. The van der Waals surface area contributed by atoms with Crippen molar-refractivity contribution >= 4 is 27.5 Å². The summed E-state index contributed by atoms with van der Waals surface area (Å²) in [4.78, 5) is 16.6. The van der Waals surface area contributed by atoms with E-state index in [-0.39, 0.29) is 16.5 Å². The summed E-state index contributed by atoms with van der Waals surface area (Å²) in [6, 6.07) is 18.2. The fourth-order valence-electron chi connectivity index (χ4n) is 2.58. The molecular weight excluding hydrogens is 407 g/mol. The maximum absolute atomic E-state index is 13.1. The smallest absolute Gasteiger partial charge is 0.265 e. The Balaban J connectivity index is 1.82. The minimum absolute atomic E-state index is 0.0365. The van der Waals surface area contributed by atoms with Crippen LogP contribution in [0, 0.1) is 5.82 Å². The molecule has 1 aromatic heterocycles. The summed E-state index contributed by atoms with van der Waals surface area (Å²) < 4.78 is 40.1. The van der Waals surface area contributed by atoms with E-state index in [1.807, 2.05) is 0 Å². The molecule has 0 aliphatic heterocycles. The molecule has 0 radical (unpaired) electrons. The first-order valence-corrected chi connectivity index (χ1v) is 10.4. The Morgan fingerprint density at radius 2 is 1.70 bits per heavy atom. The number of rotatable bonds is 7. The number of carbonyl (C=O) groups is 1. The summed E-state index contributed by atoms with van der Waals surface area (Å²) in [6.45, 7) is 1.12. The zero-order valence-corrected chi connectivity index (χ0v) is 16.9. The van der Waals surface area contributed by atoms with Gasteiger partial charge in [-0.1, -0.05) is 36.4 Å². The highest BCUT2D eigenvalue weighted by Crippen LogP contribution is 2.21. The molecule has 0 aliphatic rings. The van der Waals surface area contributed by atoms with Gasteiger partial charge in [0.1, 0.15) is 18.2 Å². The number of nitrogens with one attached hydrogen (secondary N) is 1. The van der Waals surface area contributed by atoms with Gasteiger partial charge in [0.05, 0.1) is 10.6 Å². The maximum Gasteiger partial charge on any atom is 0.265 e. The van der Waals surface area contributed by atoms with Crippen molar-refractivity contribution in [2.75, 3.05) is 10.8 Å². The molecule has 2 aromatic carbocycles. The summed E-state index contributed by atoms with van der Waals surface area (Å²) in [5.41, 5.74) is 3.40. The van der Waals surface area contributed by atoms with Gasteiger partial charge in [0, 0.05) is 6.20 Å². The zero-order valence-electron chi connectivity index (χ0n) is 16.1. The molecular formula is C21H19FN4O3S. The van der Waals surface area contributed by atoms with Crippen LogP contribution in [0.4, 0.5) is 10.2 Å². The Hall–Kier alpha value is -3.59. The van der Waals surface area contributed by atoms with E-state index < -0.39 is 22.5 Å². The van der Waals surface area contributed by atoms with Crippen molar-refractivity contribution in [3.8, 4) is 0 Å². The van der Waals surface area contributed by atoms with Crippen molar-refractivity contribution in [1.82, 2.24) is 10.4 Å². The van der Waals surface area contributed by atoms with Crippen molar-refractivity contribution in [3.63, 3.8) is 0 Å². The molecule has 1 N–H and O–H groups in total. The molecule has 30 heavy (non-hydrogen) atoms. The number of nitrogens with zero attached hydrogens (tertiary/aromatic N) is 3. The minimum atomic E-state index is -4.02. The Labute approximate surface area is 173 Å². The van der Waals surface area contributed by atoms with Crippen molar-refractivity contribution in [2.45, 2.75) is 11.8 Å². The van der Waals surface area contributed by atoms with E-state index in [1.54, 1.807) is 37.3 Å². The molecule has 0 spiro atoms. The van der Waals surface area contributed by atoms with Gasteiger partial charge < -0.3 is 0 Å². The third-order valence-corrected chi connectivity index (χ3v) is 5.90. The normalized spacial score (nSPS) is 11.7. The number of halogens is 1. The number of aromatic nitrogens is 1. The number of hydrazone groups is 1. The molecule has 1 heterocycles. The molecule has 0 saturated carbocycles. The zero-order chi connectivity index (χ0) is 21.6. The fourth-order valence-corrected chi connectivity index (χ4v) is 3.97. The Bertz CT molecular complexity index is 1140. The molecule has 154 valence electrons. The molecule has 0 unspecified atom stereocenters. The summed E-state index contributed by atoms with van der Waals surface area (Å²) in [5, 5.41) is 3.98. The number of benzene rings is 2. The van der Waals surface area contributed by atoms with E-state index >= 15 is 0 Å². The van der Waals surface area contributed by atoms with Crippen molar-refractivity contribution in [1.29, 1.82) is 0 Å². The highest BCUT2D eigenvalue weighted by molar-refractivity contribution is 7.92. The molecule has 1 amide bonds. The number of pyridine rings is 1. The predicted molar refractivity (Wildman–Crippen MR) is 112 cm³/mol. The van der Waals surface area contributed by atoms with Crippen LogP contribution in [0.15, 0.2) is 89.0 Å². The predicted octanol–water partition coefficient (Wildman–Crippen LogP) is 2.96. The van der Waals surface area contributed by atoms with Gasteiger partial charge in [0.25, 0.3) is 15.9 Å². The van der Waals surface area contributed by atoms with Gasteiger partial charge in [-0.3, -0.25) is 4.79 Å². The summed E-state index contributed by atoms with van der Waals surface area (Å²) >= 11 is 0. The van der Waals surface area contributed by atoms with E-state index in [0.29, 0.717) is 11.3 Å². The summed E-state index contributed by atoms with van der Waals surface area (Å²) in [5.74, 6) is -0.926. The first-order chi connectivity index (χ1) is 14.4. The van der Waals surface area contributed by atoms with Crippen LogP contribution in [0.3, 0.4) is 0 Å². The van der Waals surface area contributed by atoms with Crippen LogP contribution in [0.5, 0.6) is 0 Å². The van der Waals surface area contributed by atoms with Gasteiger partial charge >= 0.3 is 0 Å². The van der Waals surface area contributed by atoms with Crippen molar-refractivity contribution < 1.29 is 17.6 Å². The van der Waals surface area contributed by atoms with Crippen molar-refractivity contribution in [2.24, 2.45) is 5.10 Å². The van der Waals surface area contributed by atoms with Gasteiger partial charge in [-0.2, -0.15) is 5.10 Å². The van der Waals surface area contributed by atoms with Crippen LogP contribution in [0.25, 0.3) is 0 Å². The number of hydrogen-bond acceptors (Lipinski definition) is 5. The number of sulfonamides is 1. The number of anilines is 1. The quantitative estimate of drug-likeness (QED) is 0.464. The first-order valence-electron chi connectivity index (χ1n) is 8.96. The Morgan fingerprint density at radius 1 is 1.03 bits per heavy atom. The molecule has 0 atom stereocenters. The van der Waals surface area contributed by atoms with E-state index in [1.165, 1.54) is 48.7 Å². The molecule has 3 rings (SSSR count). The highest BCUT2D eigenvalue weighted by atomic mass is 32.2.